The van der Waals surface area contributed by atoms with Crippen LogP contribution in [0.5, 0.6) is 5.75 Å². The van der Waals surface area contributed by atoms with E-state index in [2.05, 4.69) is 33.8 Å². The van der Waals surface area contributed by atoms with Crippen molar-refractivity contribution in [1.82, 2.24) is 0 Å². The van der Waals surface area contributed by atoms with Crippen molar-refractivity contribution < 1.29 is 9.47 Å². The van der Waals surface area contributed by atoms with E-state index in [1.54, 1.807) is 0 Å². The standard InChI is InChI=1S/C16H24O2/c1-5-8-17-16-9-11(2)15(12(3)13(16)4)7-6-14-10-18-14/h9,14H,5-8,10H2,1-4H3. The molecule has 0 N–H and O–H groups in total. The SMILES string of the molecule is CCCOc1cc(C)c(CCC2CO2)c(C)c1C. The van der Waals surface area contributed by atoms with E-state index in [0.29, 0.717) is 6.10 Å². The maximum atomic E-state index is 5.82. The molecule has 1 fully saturated rings. The molecule has 1 aliphatic heterocycles. The molecule has 0 bridgehead atoms. The Labute approximate surface area is 110 Å². The second kappa shape index (κ2) is 5.75. The fraction of sp³-hybridized carbons (Fsp3) is 0.625. The van der Waals surface area contributed by atoms with E-state index in [4.69, 9.17) is 9.47 Å². The van der Waals surface area contributed by atoms with E-state index < -0.39 is 0 Å². The summed E-state index contributed by atoms with van der Waals surface area (Å²) in [6.07, 6.45) is 3.84. The number of rotatable bonds is 6. The Morgan fingerprint density at radius 3 is 2.61 bits per heavy atom. The molecule has 1 aromatic rings. The average Bonchev–Trinajstić information content (AvgIpc) is 3.16. The van der Waals surface area contributed by atoms with Gasteiger partial charge in [0.05, 0.1) is 19.3 Å². The van der Waals surface area contributed by atoms with Crippen LogP contribution in [0.3, 0.4) is 0 Å². The fourth-order valence-corrected chi connectivity index (χ4v) is 2.39. The van der Waals surface area contributed by atoms with E-state index in [1.807, 2.05) is 0 Å². The van der Waals surface area contributed by atoms with Gasteiger partial charge < -0.3 is 9.47 Å². The highest BCUT2D eigenvalue weighted by molar-refractivity contribution is 5.48. The third-order valence-electron chi connectivity index (χ3n) is 3.79. The summed E-state index contributed by atoms with van der Waals surface area (Å²) in [6.45, 7) is 10.5. The van der Waals surface area contributed by atoms with E-state index in [9.17, 15) is 0 Å². The highest BCUT2D eigenvalue weighted by Gasteiger charge is 2.22. The summed E-state index contributed by atoms with van der Waals surface area (Å²) in [7, 11) is 0. The summed E-state index contributed by atoms with van der Waals surface area (Å²) < 4.78 is 11.1. The first kappa shape index (κ1) is 13.4. The van der Waals surface area contributed by atoms with Crippen LogP contribution in [0.4, 0.5) is 0 Å². The molecule has 1 heterocycles. The van der Waals surface area contributed by atoms with Gasteiger partial charge in [0.15, 0.2) is 0 Å². The Kier molecular flexibility index (Phi) is 4.28. The van der Waals surface area contributed by atoms with Crippen LogP contribution in [-0.4, -0.2) is 19.3 Å². The Bertz CT molecular complexity index is 420. The molecule has 2 nitrogen and oxygen atoms in total. The van der Waals surface area contributed by atoms with Gasteiger partial charge in [-0.3, -0.25) is 0 Å². The molecule has 1 aliphatic rings. The minimum atomic E-state index is 0.514. The summed E-state index contributed by atoms with van der Waals surface area (Å²) in [6, 6.07) is 2.20. The van der Waals surface area contributed by atoms with Crippen LogP contribution in [0.15, 0.2) is 6.07 Å². The first-order chi connectivity index (χ1) is 8.63. The molecule has 100 valence electrons. The van der Waals surface area contributed by atoms with Gasteiger partial charge in [-0.05, 0) is 68.4 Å². The van der Waals surface area contributed by atoms with Crippen molar-refractivity contribution in [3.8, 4) is 5.75 Å². The monoisotopic (exact) mass is 248 g/mol. The molecule has 0 amide bonds. The van der Waals surface area contributed by atoms with Crippen LogP contribution in [-0.2, 0) is 11.2 Å². The van der Waals surface area contributed by atoms with Gasteiger partial charge in [-0.15, -0.1) is 0 Å². The lowest BCUT2D eigenvalue weighted by Crippen LogP contribution is -2.04. The Hall–Kier alpha value is -1.02. The number of hydrogen-bond donors (Lipinski definition) is 0. The van der Waals surface area contributed by atoms with Crippen molar-refractivity contribution >= 4 is 0 Å². The molecule has 0 saturated carbocycles. The zero-order valence-electron chi connectivity index (χ0n) is 12.0. The molecule has 2 heteroatoms. The summed E-state index contributed by atoms with van der Waals surface area (Å²) in [5.74, 6) is 1.05. The van der Waals surface area contributed by atoms with Crippen molar-refractivity contribution in [3.63, 3.8) is 0 Å². The van der Waals surface area contributed by atoms with E-state index in [0.717, 1.165) is 38.2 Å². The van der Waals surface area contributed by atoms with Gasteiger partial charge in [0.25, 0.3) is 0 Å². The summed E-state index contributed by atoms with van der Waals surface area (Å²) in [4.78, 5) is 0. The predicted octanol–water partition coefficient (Wildman–Crippen LogP) is 3.73. The summed E-state index contributed by atoms with van der Waals surface area (Å²) in [5, 5.41) is 0. The van der Waals surface area contributed by atoms with Gasteiger partial charge >= 0.3 is 0 Å². The molecule has 0 aliphatic carbocycles. The average molecular weight is 248 g/mol. The van der Waals surface area contributed by atoms with Crippen LogP contribution in [0.2, 0.25) is 0 Å². The number of hydrogen-bond acceptors (Lipinski definition) is 2. The minimum Gasteiger partial charge on any atom is -0.493 e. The van der Waals surface area contributed by atoms with Gasteiger partial charge in [0.1, 0.15) is 5.75 Å². The molecule has 0 spiro atoms. The van der Waals surface area contributed by atoms with E-state index in [-0.39, 0.29) is 0 Å². The number of aryl methyl sites for hydroxylation is 1. The highest BCUT2D eigenvalue weighted by Crippen LogP contribution is 2.29. The quantitative estimate of drug-likeness (QED) is 0.715. The minimum absolute atomic E-state index is 0.514. The Morgan fingerprint density at radius 1 is 1.28 bits per heavy atom. The van der Waals surface area contributed by atoms with Gasteiger partial charge in [-0.25, -0.2) is 0 Å². The zero-order valence-corrected chi connectivity index (χ0v) is 12.0. The van der Waals surface area contributed by atoms with Crippen molar-refractivity contribution in [2.45, 2.75) is 53.1 Å². The van der Waals surface area contributed by atoms with Gasteiger partial charge in [-0.2, -0.15) is 0 Å². The normalized spacial score (nSPS) is 17.9. The van der Waals surface area contributed by atoms with Gasteiger partial charge in [0, 0.05) is 0 Å². The molecule has 1 unspecified atom stereocenters. The van der Waals surface area contributed by atoms with Crippen molar-refractivity contribution in [3.05, 3.63) is 28.3 Å². The van der Waals surface area contributed by atoms with E-state index >= 15 is 0 Å². The molecular formula is C16H24O2. The van der Waals surface area contributed by atoms with Crippen LogP contribution in [0, 0.1) is 20.8 Å². The van der Waals surface area contributed by atoms with Crippen molar-refractivity contribution in [2.24, 2.45) is 0 Å². The van der Waals surface area contributed by atoms with Crippen LogP contribution < -0.4 is 4.74 Å². The number of epoxide rings is 1. The predicted molar refractivity (Wildman–Crippen MR) is 74.5 cm³/mol. The molecule has 2 rings (SSSR count). The molecule has 1 saturated heterocycles. The van der Waals surface area contributed by atoms with E-state index in [1.165, 1.54) is 22.3 Å². The second-order valence-electron chi connectivity index (χ2n) is 5.26. The maximum absolute atomic E-state index is 5.82. The fourth-order valence-electron chi connectivity index (χ4n) is 2.39. The number of benzene rings is 1. The first-order valence-electron chi connectivity index (χ1n) is 6.97. The molecule has 18 heavy (non-hydrogen) atoms. The largest absolute Gasteiger partial charge is 0.493 e. The molecular weight excluding hydrogens is 224 g/mol. The lowest BCUT2D eigenvalue weighted by Gasteiger charge is -2.17. The lowest BCUT2D eigenvalue weighted by molar-refractivity contribution is 0.314. The van der Waals surface area contributed by atoms with Crippen LogP contribution >= 0.6 is 0 Å². The second-order valence-corrected chi connectivity index (χ2v) is 5.26. The molecule has 0 radical (unpaired) electrons. The Balaban J connectivity index is 2.16. The highest BCUT2D eigenvalue weighted by atomic mass is 16.6. The van der Waals surface area contributed by atoms with Crippen LogP contribution in [0.25, 0.3) is 0 Å². The van der Waals surface area contributed by atoms with Crippen molar-refractivity contribution in [1.29, 1.82) is 0 Å². The topological polar surface area (TPSA) is 21.8 Å². The lowest BCUT2D eigenvalue weighted by atomic mass is 9.93. The van der Waals surface area contributed by atoms with Gasteiger partial charge in [-0.1, -0.05) is 6.92 Å². The first-order valence-corrected chi connectivity index (χ1v) is 6.97. The summed E-state index contributed by atoms with van der Waals surface area (Å²) in [5.41, 5.74) is 5.51. The molecule has 1 atom stereocenters. The Morgan fingerprint density at radius 2 is 2.00 bits per heavy atom. The molecule has 1 aromatic carbocycles. The van der Waals surface area contributed by atoms with Crippen LogP contribution in [0.1, 0.15) is 42.0 Å². The molecule has 0 aromatic heterocycles. The maximum Gasteiger partial charge on any atom is 0.122 e. The third-order valence-corrected chi connectivity index (χ3v) is 3.79. The number of ether oxygens (including phenoxy) is 2. The van der Waals surface area contributed by atoms with Crippen molar-refractivity contribution in [2.75, 3.05) is 13.2 Å². The summed E-state index contributed by atoms with van der Waals surface area (Å²) >= 11 is 0. The third kappa shape index (κ3) is 3.05. The van der Waals surface area contributed by atoms with Gasteiger partial charge in [0.2, 0.25) is 0 Å². The smallest absolute Gasteiger partial charge is 0.122 e. The zero-order chi connectivity index (χ0) is 13.1.